The molecule has 0 bridgehead atoms. The summed E-state index contributed by atoms with van der Waals surface area (Å²) in [5.41, 5.74) is 1.37. The molecule has 0 saturated carbocycles. The van der Waals surface area contributed by atoms with Crippen molar-refractivity contribution < 1.29 is 34.7 Å². The summed E-state index contributed by atoms with van der Waals surface area (Å²) < 4.78 is 12.4. The van der Waals surface area contributed by atoms with Crippen LogP contribution in [0.5, 0.6) is 5.75 Å². The molecule has 1 aliphatic heterocycles. The maximum atomic E-state index is 13.5. The fourth-order valence-electron chi connectivity index (χ4n) is 4.97. The fourth-order valence-corrected chi connectivity index (χ4v) is 5.33. The van der Waals surface area contributed by atoms with Crippen LogP contribution < -0.4 is 4.74 Å². The molecule has 2 aliphatic rings. The van der Waals surface area contributed by atoms with Crippen LogP contribution in [0, 0.1) is 21.4 Å². The van der Waals surface area contributed by atoms with Gasteiger partial charge in [0.1, 0.15) is 40.9 Å². The summed E-state index contributed by atoms with van der Waals surface area (Å²) in [5.74, 6) is 0.423. The molecule has 0 unspecified atom stereocenters. The van der Waals surface area contributed by atoms with Crippen molar-refractivity contribution in [1.82, 2.24) is 4.57 Å². The largest absolute Gasteiger partial charge is 0.497 e. The molecule has 10 heteroatoms. The lowest BCUT2D eigenvalue weighted by atomic mass is 9.73. The maximum absolute atomic E-state index is 13.5. The Labute approximate surface area is 207 Å². The number of ether oxygens (including phenoxy) is 2. The average molecular weight is 501 g/mol. The number of nitriles is 1. The quantitative estimate of drug-likeness (QED) is 0.462. The molecule has 4 N–H and O–H groups in total. The number of pyridine rings is 1. The van der Waals surface area contributed by atoms with Crippen LogP contribution in [0.25, 0.3) is 11.1 Å². The number of hydrogen-bond donors (Lipinski definition) is 4. The number of rotatable bonds is 4. The molecule has 2 heterocycles. The average Bonchev–Trinajstić information content (AvgIpc) is 2.82. The molecule has 1 aromatic carbocycles. The number of aromatic nitrogens is 1. The minimum absolute atomic E-state index is 0.0203. The van der Waals surface area contributed by atoms with E-state index >= 15 is 0 Å². The van der Waals surface area contributed by atoms with Crippen LogP contribution in [0.3, 0.4) is 0 Å². The second-order valence-electron chi connectivity index (χ2n) is 9.75. The van der Waals surface area contributed by atoms with E-state index in [1.807, 2.05) is 13.8 Å². The minimum atomic E-state index is -1.64. The van der Waals surface area contributed by atoms with E-state index in [-0.39, 0.29) is 22.4 Å². The van der Waals surface area contributed by atoms with Crippen LogP contribution in [-0.4, -0.2) is 68.9 Å². The zero-order valence-electron chi connectivity index (χ0n) is 19.6. The van der Waals surface area contributed by atoms with Crippen molar-refractivity contribution in [2.75, 3.05) is 13.7 Å². The molecule has 2 aromatic rings. The summed E-state index contributed by atoms with van der Waals surface area (Å²) in [4.78, 5) is 13.5. The Balaban J connectivity index is 2.04. The van der Waals surface area contributed by atoms with Gasteiger partial charge in [0.2, 0.25) is 0 Å². The van der Waals surface area contributed by atoms with E-state index in [4.69, 9.17) is 21.7 Å². The number of ketones is 1. The third kappa shape index (κ3) is 4.29. The number of carbonyl (C=O) groups excluding carboxylic acids is 1. The number of nitrogens with zero attached hydrogens (tertiary/aromatic N) is 2. The molecule has 5 atom stereocenters. The second-order valence-corrected chi connectivity index (χ2v) is 10.1. The number of aliphatic hydroxyl groups is 4. The monoisotopic (exact) mass is 500 g/mol. The van der Waals surface area contributed by atoms with Crippen molar-refractivity contribution >= 4 is 18.0 Å². The topological polar surface area (TPSA) is 145 Å². The van der Waals surface area contributed by atoms with Gasteiger partial charge in [-0.15, -0.1) is 0 Å². The van der Waals surface area contributed by atoms with Crippen LogP contribution in [0.4, 0.5) is 0 Å². The third-order valence-electron chi connectivity index (χ3n) is 6.69. The van der Waals surface area contributed by atoms with Crippen molar-refractivity contribution in [3.05, 3.63) is 45.7 Å². The molecule has 1 aromatic heterocycles. The number of carbonyl (C=O) groups is 1. The lowest BCUT2D eigenvalue weighted by Crippen LogP contribution is -2.57. The van der Waals surface area contributed by atoms with Gasteiger partial charge in [0, 0.05) is 23.2 Å². The molecule has 1 aliphatic carbocycles. The highest BCUT2D eigenvalue weighted by molar-refractivity contribution is 7.71. The van der Waals surface area contributed by atoms with Gasteiger partial charge in [-0.1, -0.05) is 38.2 Å². The molecule has 0 spiro atoms. The zero-order valence-corrected chi connectivity index (χ0v) is 20.5. The normalized spacial score (nSPS) is 27.7. The molecule has 1 saturated heterocycles. The van der Waals surface area contributed by atoms with Gasteiger partial charge in [-0.05, 0) is 29.5 Å². The summed E-state index contributed by atoms with van der Waals surface area (Å²) in [6.45, 7) is 3.25. The summed E-state index contributed by atoms with van der Waals surface area (Å²) in [7, 11) is 1.54. The van der Waals surface area contributed by atoms with Crippen molar-refractivity contribution in [2.45, 2.75) is 57.3 Å². The van der Waals surface area contributed by atoms with Crippen LogP contribution in [0.1, 0.15) is 48.1 Å². The predicted molar refractivity (Wildman–Crippen MR) is 127 cm³/mol. The van der Waals surface area contributed by atoms with Crippen molar-refractivity contribution in [3.8, 4) is 22.9 Å². The van der Waals surface area contributed by atoms with Gasteiger partial charge < -0.3 is 34.5 Å². The number of methoxy groups -OCH3 is 1. The summed E-state index contributed by atoms with van der Waals surface area (Å²) in [5, 5.41) is 51.3. The van der Waals surface area contributed by atoms with Crippen LogP contribution in [0.15, 0.2) is 24.3 Å². The van der Waals surface area contributed by atoms with E-state index in [0.29, 0.717) is 34.6 Å². The number of hydrogen-bond acceptors (Lipinski definition) is 9. The molecule has 35 heavy (non-hydrogen) atoms. The highest BCUT2D eigenvalue weighted by Gasteiger charge is 2.46. The van der Waals surface area contributed by atoms with Crippen LogP contribution in [0.2, 0.25) is 0 Å². The molecule has 4 rings (SSSR count). The predicted octanol–water partition coefficient (Wildman–Crippen LogP) is 1.89. The second kappa shape index (κ2) is 9.43. The Bertz CT molecular complexity index is 1250. The molecule has 0 radical (unpaired) electrons. The fraction of sp³-hybridized carbons (Fsp3) is 0.480. The number of aliphatic hydroxyl groups excluding tert-OH is 4. The summed E-state index contributed by atoms with van der Waals surface area (Å²) in [6, 6.07) is 9.05. The van der Waals surface area contributed by atoms with E-state index in [0.717, 1.165) is 0 Å². The number of fused-ring (bicyclic) bond motifs is 1. The Kier molecular flexibility index (Phi) is 6.85. The Morgan fingerprint density at radius 3 is 2.37 bits per heavy atom. The van der Waals surface area contributed by atoms with Crippen molar-refractivity contribution in [2.24, 2.45) is 5.41 Å². The van der Waals surface area contributed by atoms with E-state index in [9.17, 15) is 30.5 Å². The van der Waals surface area contributed by atoms with Gasteiger partial charge in [0.15, 0.2) is 12.0 Å². The van der Waals surface area contributed by atoms with Gasteiger partial charge >= 0.3 is 0 Å². The van der Waals surface area contributed by atoms with Gasteiger partial charge in [-0.25, -0.2) is 0 Å². The first-order valence-corrected chi connectivity index (χ1v) is 11.6. The molecule has 1 fully saturated rings. The van der Waals surface area contributed by atoms with Gasteiger partial charge in [-0.3, -0.25) is 4.79 Å². The first-order chi connectivity index (χ1) is 16.5. The van der Waals surface area contributed by atoms with E-state index in [1.54, 1.807) is 24.3 Å². The Morgan fingerprint density at radius 1 is 1.14 bits per heavy atom. The van der Waals surface area contributed by atoms with Crippen LogP contribution in [-0.2, 0) is 11.2 Å². The maximum Gasteiger partial charge on any atom is 0.165 e. The molecule has 186 valence electrons. The highest BCUT2D eigenvalue weighted by atomic mass is 32.1. The van der Waals surface area contributed by atoms with E-state index in [2.05, 4.69) is 6.07 Å². The summed E-state index contributed by atoms with van der Waals surface area (Å²) >= 11 is 5.71. The standard InChI is InChI=1S/C25H28N2O7S/c1-25(2)8-15-19(16(29)9-25)18(12-4-6-13(33-3)7-5-12)14(10-26)24(35)27(15)23-22(32)21(31)20(30)17(11-28)34-23/h4-7,17,20-23,28,30-32H,8-9,11H2,1-3H3/t17-,20+,21+,22-,23-/m1/s1. The molecular formula is C25H28N2O7S. The Morgan fingerprint density at radius 2 is 1.80 bits per heavy atom. The SMILES string of the molecule is COc1ccc(-c2c3c(n([C@@H]4O[C@H](CO)[C@H](O)[C@H](O)[C@H]4O)c(=S)c2C#N)CC(C)(C)CC3=O)cc1. The molecule has 0 amide bonds. The minimum Gasteiger partial charge on any atom is -0.497 e. The highest BCUT2D eigenvalue weighted by Crippen LogP contribution is 2.43. The van der Waals surface area contributed by atoms with Crippen molar-refractivity contribution in [3.63, 3.8) is 0 Å². The van der Waals surface area contributed by atoms with Gasteiger partial charge in [-0.2, -0.15) is 5.26 Å². The Hall–Kier alpha value is -2.65. The lowest BCUT2D eigenvalue weighted by Gasteiger charge is -2.43. The zero-order chi connectivity index (χ0) is 25.7. The lowest BCUT2D eigenvalue weighted by molar-refractivity contribution is -0.252. The number of Topliss-reactive ketones (excluding diaryl/α,β-unsaturated/α-hetero) is 1. The van der Waals surface area contributed by atoms with Gasteiger partial charge in [0.25, 0.3) is 0 Å². The van der Waals surface area contributed by atoms with Crippen LogP contribution >= 0.6 is 12.2 Å². The van der Waals surface area contributed by atoms with Gasteiger partial charge in [0.05, 0.1) is 19.3 Å². The van der Waals surface area contributed by atoms with E-state index in [1.165, 1.54) is 11.7 Å². The summed E-state index contributed by atoms with van der Waals surface area (Å²) in [6.07, 6.45) is -6.70. The third-order valence-corrected chi connectivity index (χ3v) is 7.09. The smallest absolute Gasteiger partial charge is 0.165 e. The number of benzene rings is 1. The first-order valence-electron chi connectivity index (χ1n) is 11.2. The molecule has 9 nitrogen and oxygen atoms in total. The first kappa shape index (κ1) is 25.4. The van der Waals surface area contributed by atoms with E-state index < -0.39 is 42.7 Å². The molecular weight excluding hydrogens is 472 g/mol. The van der Waals surface area contributed by atoms with Crippen molar-refractivity contribution in [1.29, 1.82) is 5.26 Å².